The molecule has 1 saturated heterocycles. The smallest absolute Gasteiger partial charge is 0.255 e. The number of aromatic nitrogens is 1. The first-order valence-corrected chi connectivity index (χ1v) is 11.1. The van der Waals surface area contributed by atoms with E-state index in [-0.39, 0.29) is 17.6 Å². The van der Waals surface area contributed by atoms with Crippen LogP contribution in [0.25, 0.3) is 16.9 Å². The van der Waals surface area contributed by atoms with E-state index in [9.17, 15) is 14.0 Å². The van der Waals surface area contributed by atoms with Crippen LogP contribution >= 0.6 is 23.2 Å². The molecular formula is C24H22Cl2FN3O2. The Labute approximate surface area is 195 Å². The second kappa shape index (κ2) is 9.35. The van der Waals surface area contributed by atoms with Gasteiger partial charge in [0.1, 0.15) is 5.82 Å². The predicted octanol–water partition coefficient (Wildman–Crippen LogP) is 4.68. The number of carbonyl (C=O) groups is 2. The van der Waals surface area contributed by atoms with Gasteiger partial charge >= 0.3 is 0 Å². The van der Waals surface area contributed by atoms with E-state index in [0.717, 1.165) is 22.6 Å². The Balaban J connectivity index is 1.67. The summed E-state index contributed by atoms with van der Waals surface area (Å²) in [5.74, 6) is -0.769. The van der Waals surface area contributed by atoms with Crippen LogP contribution in [0.15, 0.2) is 60.7 Å². The molecule has 2 aromatic carbocycles. The fourth-order valence-electron chi connectivity index (χ4n) is 4.00. The lowest BCUT2D eigenvalue weighted by atomic mass is 10.1. The van der Waals surface area contributed by atoms with Gasteiger partial charge in [0.05, 0.1) is 11.3 Å². The number of nitrogens with zero attached hydrogens (tertiary/aromatic N) is 3. The molecule has 1 aliphatic rings. The number of alkyl halides is 2. The summed E-state index contributed by atoms with van der Waals surface area (Å²) in [6, 6.07) is 17.8. The van der Waals surface area contributed by atoms with Crippen LogP contribution in [-0.4, -0.2) is 57.2 Å². The first-order valence-electron chi connectivity index (χ1n) is 10.3. The molecular weight excluding hydrogens is 452 g/mol. The lowest BCUT2D eigenvalue weighted by molar-refractivity contribution is -0.130. The predicted molar refractivity (Wildman–Crippen MR) is 124 cm³/mol. The Morgan fingerprint density at radius 3 is 2.09 bits per heavy atom. The summed E-state index contributed by atoms with van der Waals surface area (Å²) in [6.45, 7) is 3.45. The average molecular weight is 474 g/mol. The minimum absolute atomic E-state index is 0.110. The molecule has 0 atom stereocenters. The lowest BCUT2D eigenvalue weighted by Gasteiger charge is -2.35. The molecule has 8 heteroatoms. The van der Waals surface area contributed by atoms with Crippen molar-refractivity contribution in [2.24, 2.45) is 0 Å². The van der Waals surface area contributed by atoms with E-state index >= 15 is 0 Å². The number of halogens is 3. The van der Waals surface area contributed by atoms with Crippen LogP contribution in [0.2, 0.25) is 0 Å². The topological polar surface area (TPSA) is 45.6 Å². The van der Waals surface area contributed by atoms with E-state index in [0.29, 0.717) is 31.7 Å². The second-order valence-electron chi connectivity index (χ2n) is 7.62. The maximum Gasteiger partial charge on any atom is 0.255 e. The molecule has 3 aromatic rings. The summed E-state index contributed by atoms with van der Waals surface area (Å²) >= 11 is 11.4. The Morgan fingerprint density at radius 2 is 1.50 bits per heavy atom. The summed E-state index contributed by atoms with van der Waals surface area (Å²) < 4.78 is 15.5. The molecule has 0 radical (unpaired) electrons. The van der Waals surface area contributed by atoms with Gasteiger partial charge < -0.3 is 14.4 Å². The number of para-hydroxylation sites is 1. The SMILES string of the molecule is Cc1c(C(=O)N2CCN(C(=O)C(Cl)Cl)CC2)cc(-c2ccc(F)cc2)n1-c1ccccc1. The first-order chi connectivity index (χ1) is 15.4. The van der Waals surface area contributed by atoms with Gasteiger partial charge in [0.2, 0.25) is 0 Å². The van der Waals surface area contributed by atoms with Gasteiger partial charge in [-0.2, -0.15) is 0 Å². The van der Waals surface area contributed by atoms with E-state index in [1.165, 1.54) is 12.1 Å². The first kappa shape index (κ1) is 22.4. The van der Waals surface area contributed by atoms with E-state index in [4.69, 9.17) is 23.2 Å². The summed E-state index contributed by atoms with van der Waals surface area (Å²) in [7, 11) is 0. The zero-order chi connectivity index (χ0) is 22.8. The van der Waals surface area contributed by atoms with Crippen molar-refractivity contribution >= 4 is 35.0 Å². The molecule has 1 aromatic heterocycles. The molecule has 0 unspecified atom stereocenters. The van der Waals surface area contributed by atoms with Gasteiger partial charge in [-0.25, -0.2) is 4.39 Å². The highest BCUT2D eigenvalue weighted by atomic mass is 35.5. The normalized spacial score (nSPS) is 14.2. The fourth-order valence-corrected chi connectivity index (χ4v) is 4.28. The van der Waals surface area contributed by atoms with E-state index in [1.54, 1.807) is 21.9 Å². The monoisotopic (exact) mass is 473 g/mol. The van der Waals surface area contributed by atoms with Crippen molar-refractivity contribution in [3.63, 3.8) is 0 Å². The lowest BCUT2D eigenvalue weighted by Crippen LogP contribution is -2.51. The van der Waals surface area contributed by atoms with Gasteiger partial charge in [0, 0.05) is 37.6 Å². The third-order valence-electron chi connectivity index (χ3n) is 5.70. The number of amides is 2. The number of benzene rings is 2. The number of hydrogen-bond acceptors (Lipinski definition) is 2. The number of rotatable bonds is 4. The van der Waals surface area contributed by atoms with Crippen LogP contribution in [0.4, 0.5) is 4.39 Å². The third-order valence-corrected chi connectivity index (χ3v) is 6.07. The summed E-state index contributed by atoms with van der Waals surface area (Å²) in [5, 5.41) is 0. The quantitative estimate of drug-likeness (QED) is 0.516. The van der Waals surface area contributed by atoms with Gasteiger partial charge in [-0.1, -0.05) is 41.4 Å². The molecule has 0 spiro atoms. The fraction of sp³-hybridized carbons (Fsp3) is 0.250. The van der Waals surface area contributed by atoms with Crippen molar-refractivity contribution in [1.82, 2.24) is 14.4 Å². The maximum absolute atomic E-state index is 13.5. The van der Waals surface area contributed by atoms with Crippen molar-refractivity contribution in [3.05, 3.63) is 77.7 Å². The molecule has 4 rings (SSSR count). The Hall–Kier alpha value is -2.83. The van der Waals surface area contributed by atoms with Gasteiger partial charge in [-0.3, -0.25) is 9.59 Å². The molecule has 5 nitrogen and oxygen atoms in total. The molecule has 2 amide bonds. The number of carbonyl (C=O) groups excluding carboxylic acids is 2. The Kier molecular flexibility index (Phi) is 6.53. The van der Waals surface area contributed by atoms with Crippen molar-refractivity contribution in [2.45, 2.75) is 11.8 Å². The van der Waals surface area contributed by atoms with Crippen molar-refractivity contribution in [1.29, 1.82) is 0 Å². The van der Waals surface area contributed by atoms with Gasteiger partial charge in [0.15, 0.2) is 4.84 Å². The Bertz CT molecular complexity index is 1120. The zero-order valence-electron chi connectivity index (χ0n) is 17.5. The highest BCUT2D eigenvalue weighted by Gasteiger charge is 2.29. The summed E-state index contributed by atoms with van der Waals surface area (Å²) in [5.41, 5.74) is 3.89. The van der Waals surface area contributed by atoms with Crippen molar-refractivity contribution in [3.8, 4) is 16.9 Å². The molecule has 2 heterocycles. The highest BCUT2D eigenvalue weighted by molar-refractivity contribution is 6.53. The highest BCUT2D eigenvalue weighted by Crippen LogP contribution is 2.30. The summed E-state index contributed by atoms with van der Waals surface area (Å²) in [6.07, 6.45) is 0. The molecule has 0 saturated carbocycles. The third kappa shape index (κ3) is 4.38. The molecule has 1 fully saturated rings. The minimum atomic E-state index is -1.10. The maximum atomic E-state index is 13.5. The standard InChI is InChI=1S/C24H22Cl2FN3O2/c1-16-20(23(31)28-11-13-29(14-12-28)24(32)22(25)26)15-21(17-7-9-18(27)10-8-17)30(16)19-5-3-2-4-6-19/h2-10,15,22H,11-14H2,1H3. The zero-order valence-corrected chi connectivity index (χ0v) is 19.0. The van der Waals surface area contributed by atoms with Gasteiger partial charge in [-0.05, 0) is 55.0 Å². The van der Waals surface area contributed by atoms with Crippen molar-refractivity contribution in [2.75, 3.05) is 26.2 Å². The van der Waals surface area contributed by atoms with E-state index in [2.05, 4.69) is 0 Å². The van der Waals surface area contributed by atoms with Crippen LogP contribution in [0.1, 0.15) is 16.1 Å². The van der Waals surface area contributed by atoms with Crippen LogP contribution in [-0.2, 0) is 4.79 Å². The largest absolute Gasteiger partial charge is 0.337 e. The molecule has 0 bridgehead atoms. The van der Waals surface area contributed by atoms with Gasteiger partial charge in [0.25, 0.3) is 11.8 Å². The van der Waals surface area contributed by atoms with Crippen LogP contribution in [0, 0.1) is 12.7 Å². The van der Waals surface area contributed by atoms with E-state index in [1.807, 2.05) is 47.9 Å². The summed E-state index contributed by atoms with van der Waals surface area (Å²) in [4.78, 5) is 27.6. The number of piperazine rings is 1. The van der Waals surface area contributed by atoms with E-state index < -0.39 is 4.84 Å². The average Bonchev–Trinajstić information content (AvgIpc) is 3.16. The molecule has 0 aliphatic carbocycles. The van der Waals surface area contributed by atoms with Crippen LogP contribution in [0.3, 0.4) is 0 Å². The van der Waals surface area contributed by atoms with Crippen LogP contribution in [0.5, 0.6) is 0 Å². The second-order valence-corrected chi connectivity index (χ2v) is 8.72. The molecule has 0 N–H and O–H groups in total. The van der Waals surface area contributed by atoms with Gasteiger partial charge in [-0.15, -0.1) is 0 Å². The molecule has 32 heavy (non-hydrogen) atoms. The van der Waals surface area contributed by atoms with Crippen molar-refractivity contribution < 1.29 is 14.0 Å². The molecule has 1 aliphatic heterocycles. The Morgan fingerprint density at radius 1 is 0.906 bits per heavy atom. The number of hydrogen-bond donors (Lipinski definition) is 0. The van der Waals surface area contributed by atoms with Crippen LogP contribution < -0.4 is 0 Å². The molecule has 166 valence electrons. The minimum Gasteiger partial charge on any atom is -0.337 e.